The van der Waals surface area contributed by atoms with Gasteiger partial charge in [-0.15, -0.1) is 0 Å². The second kappa shape index (κ2) is 10.5. The maximum Gasteiger partial charge on any atom is 0.407 e. The summed E-state index contributed by atoms with van der Waals surface area (Å²) < 4.78 is 10.5. The van der Waals surface area contributed by atoms with Gasteiger partial charge in [-0.25, -0.2) is 4.79 Å². The summed E-state index contributed by atoms with van der Waals surface area (Å²) >= 11 is 0. The highest BCUT2D eigenvalue weighted by atomic mass is 16.5. The SMILES string of the molecule is CCc1ccccc1OCC(=O)NCCNC(=O)OCC(C)C. The molecule has 1 aromatic rings. The third-order valence-electron chi connectivity index (χ3n) is 2.98. The van der Waals surface area contributed by atoms with Crippen LogP contribution in [0.2, 0.25) is 0 Å². The molecule has 1 rings (SSSR count). The van der Waals surface area contributed by atoms with E-state index in [1.807, 2.05) is 45.0 Å². The smallest absolute Gasteiger partial charge is 0.407 e. The number of hydrogen-bond acceptors (Lipinski definition) is 4. The van der Waals surface area contributed by atoms with Gasteiger partial charge in [0.25, 0.3) is 5.91 Å². The van der Waals surface area contributed by atoms with Crippen molar-refractivity contribution in [3.05, 3.63) is 29.8 Å². The van der Waals surface area contributed by atoms with Crippen molar-refractivity contribution in [2.24, 2.45) is 5.92 Å². The Balaban J connectivity index is 2.16. The molecule has 128 valence electrons. The summed E-state index contributed by atoms with van der Waals surface area (Å²) in [6, 6.07) is 7.63. The number of carbonyl (C=O) groups is 2. The average Bonchev–Trinajstić information content (AvgIpc) is 2.55. The number of rotatable bonds is 9. The zero-order chi connectivity index (χ0) is 17.1. The van der Waals surface area contributed by atoms with Crippen LogP contribution in [0.15, 0.2) is 24.3 Å². The van der Waals surface area contributed by atoms with E-state index in [4.69, 9.17) is 9.47 Å². The van der Waals surface area contributed by atoms with Crippen molar-refractivity contribution in [3.63, 3.8) is 0 Å². The molecule has 0 saturated heterocycles. The van der Waals surface area contributed by atoms with Gasteiger partial charge >= 0.3 is 6.09 Å². The van der Waals surface area contributed by atoms with Crippen LogP contribution in [0.5, 0.6) is 5.75 Å². The highest BCUT2D eigenvalue weighted by Gasteiger charge is 2.06. The van der Waals surface area contributed by atoms with Crippen molar-refractivity contribution in [3.8, 4) is 5.75 Å². The predicted octanol–water partition coefficient (Wildman–Crippen LogP) is 2.13. The molecule has 0 bridgehead atoms. The Kier molecular flexibility index (Phi) is 8.57. The van der Waals surface area contributed by atoms with E-state index in [0.29, 0.717) is 25.6 Å². The molecule has 2 N–H and O–H groups in total. The molecular formula is C17H26N2O4. The largest absolute Gasteiger partial charge is 0.483 e. The summed E-state index contributed by atoms with van der Waals surface area (Å²) in [4.78, 5) is 23.0. The van der Waals surface area contributed by atoms with Crippen molar-refractivity contribution < 1.29 is 19.1 Å². The number of benzene rings is 1. The summed E-state index contributed by atoms with van der Waals surface area (Å²) in [5.74, 6) is 0.789. The fourth-order valence-electron chi connectivity index (χ4n) is 1.79. The number of carbonyl (C=O) groups excluding carboxylic acids is 2. The van der Waals surface area contributed by atoms with E-state index in [1.165, 1.54) is 0 Å². The number of amides is 2. The first kappa shape index (κ1) is 18.8. The lowest BCUT2D eigenvalue weighted by molar-refractivity contribution is -0.123. The van der Waals surface area contributed by atoms with E-state index < -0.39 is 6.09 Å². The molecule has 0 unspecified atom stereocenters. The van der Waals surface area contributed by atoms with Crippen molar-refractivity contribution in [1.29, 1.82) is 0 Å². The van der Waals surface area contributed by atoms with E-state index in [2.05, 4.69) is 10.6 Å². The van der Waals surface area contributed by atoms with E-state index in [-0.39, 0.29) is 12.5 Å². The molecular weight excluding hydrogens is 296 g/mol. The Labute approximate surface area is 137 Å². The van der Waals surface area contributed by atoms with Gasteiger partial charge in [0.15, 0.2) is 6.61 Å². The molecule has 0 aliphatic rings. The van der Waals surface area contributed by atoms with Crippen molar-refractivity contribution >= 4 is 12.0 Å². The molecule has 0 atom stereocenters. The number of nitrogens with one attached hydrogen (secondary N) is 2. The summed E-state index contributed by atoms with van der Waals surface area (Å²) in [7, 11) is 0. The second-order valence-corrected chi connectivity index (χ2v) is 5.52. The van der Waals surface area contributed by atoms with Crippen LogP contribution in [0.25, 0.3) is 0 Å². The molecule has 6 heteroatoms. The molecule has 0 aliphatic heterocycles. The Morgan fingerprint density at radius 1 is 1.13 bits per heavy atom. The van der Waals surface area contributed by atoms with E-state index >= 15 is 0 Å². The molecule has 0 aliphatic carbocycles. The summed E-state index contributed by atoms with van der Waals surface area (Å²) in [5, 5.41) is 5.25. The minimum atomic E-state index is -0.471. The van der Waals surface area contributed by atoms with Gasteiger partial charge in [0.2, 0.25) is 0 Å². The number of para-hydroxylation sites is 1. The molecule has 0 aromatic heterocycles. The normalized spacial score (nSPS) is 10.3. The first-order valence-electron chi connectivity index (χ1n) is 7.91. The third-order valence-corrected chi connectivity index (χ3v) is 2.98. The second-order valence-electron chi connectivity index (χ2n) is 5.52. The molecule has 6 nitrogen and oxygen atoms in total. The molecule has 0 fully saturated rings. The van der Waals surface area contributed by atoms with Crippen LogP contribution >= 0.6 is 0 Å². The molecule has 0 saturated carbocycles. The van der Waals surface area contributed by atoms with Crippen LogP contribution in [0.4, 0.5) is 4.79 Å². The standard InChI is InChI=1S/C17H26N2O4/c1-4-14-7-5-6-8-15(14)22-12-16(20)18-9-10-19-17(21)23-11-13(2)3/h5-8,13H,4,9-12H2,1-3H3,(H,18,20)(H,19,21). The average molecular weight is 322 g/mol. The number of ether oxygens (including phenoxy) is 2. The summed E-state index contributed by atoms with van der Waals surface area (Å²) in [5.41, 5.74) is 1.06. The van der Waals surface area contributed by atoms with E-state index in [9.17, 15) is 9.59 Å². The maximum atomic E-state index is 11.7. The van der Waals surface area contributed by atoms with Gasteiger partial charge in [-0.05, 0) is 24.0 Å². The lowest BCUT2D eigenvalue weighted by Gasteiger charge is -2.11. The number of hydrogen-bond donors (Lipinski definition) is 2. The van der Waals surface area contributed by atoms with Crippen LogP contribution in [0.3, 0.4) is 0 Å². The van der Waals surface area contributed by atoms with E-state index in [0.717, 1.165) is 17.7 Å². The fourth-order valence-corrected chi connectivity index (χ4v) is 1.79. The van der Waals surface area contributed by atoms with Crippen molar-refractivity contribution in [1.82, 2.24) is 10.6 Å². The first-order valence-corrected chi connectivity index (χ1v) is 7.91. The Bertz CT molecular complexity index is 503. The Morgan fingerprint density at radius 2 is 1.83 bits per heavy atom. The maximum absolute atomic E-state index is 11.7. The number of alkyl carbamates (subject to hydrolysis) is 1. The van der Waals surface area contributed by atoms with Crippen LogP contribution in [0.1, 0.15) is 26.3 Å². The van der Waals surface area contributed by atoms with Gasteiger partial charge < -0.3 is 20.1 Å². The highest BCUT2D eigenvalue weighted by molar-refractivity contribution is 5.77. The van der Waals surface area contributed by atoms with Crippen LogP contribution in [-0.2, 0) is 16.0 Å². The number of aryl methyl sites for hydroxylation is 1. The van der Waals surface area contributed by atoms with E-state index in [1.54, 1.807) is 0 Å². The monoisotopic (exact) mass is 322 g/mol. The minimum absolute atomic E-state index is 0.0468. The summed E-state index contributed by atoms with van der Waals surface area (Å²) in [6.45, 7) is 6.93. The molecule has 0 heterocycles. The lowest BCUT2D eigenvalue weighted by Crippen LogP contribution is -2.37. The molecule has 0 radical (unpaired) electrons. The highest BCUT2D eigenvalue weighted by Crippen LogP contribution is 2.17. The van der Waals surface area contributed by atoms with Gasteiger partial charge in [-0.1, -0.05) is 39.0 Å². The lowest BCUT2D eigenvalue weighted by atomic mass is 10.1. The van der Waals surface area contributed by atoms with Gasteiger partial charge in [0.05, 0.1) is 6.61 Å². The van der Waals surface area contributed by atoms with Gasteiger partial charge in [0.1, 0.15) is 5.75 Å². The zero-order valence-electron chi connectivity index (χ0n) is 14.1. The molecule has 0 spiro atoms. The van der Waals surface area contributed by atoms with Crippen LogP contribution in [0, 0.1) is 5.92 Å². The predicted molar refractivity (Wildman–Crippen MR) is 88.5 cm³/mol. The van der Waals surface area contributed by atoms with Crippen LogP contribution < -0.4 is 15.4 Å². The Hall–Kier alpha value is -2.24. The molecule has 2 amide bonds. The van der Waals surface area contributed by atoms with Crippen molar-refractivity contribution in [2.75, 3.05) is 26.3 Å². The topological polar surface area (TPSA) is 76.7 Å². The summed E-state index contributed by atoms with van der Waals surface area (Å²) in [6.07, 6.45) is 0.376. The Morgan fingerprint density at radius 3 is 2.52 bits per heavy atom. The quantitative estimate of drug-likeness (QED) is 0.683. The zero-order valence-corrected chi connectivity index (χ0v) is 14.1. The van der Waals surface area contributed by atoms with Gasteiger partial charge in [-0.2, -0.15) is 0 Å². The molecule has 1 aromatic carbocycles. The molecule has 23 heavy (non-hydrogen) atoms. The van der Waals surface area contributed by atoms with Gasteiger partial charge in [0, 0.05) is 13.1 Å². The van der Waals surface area contributed by atoms with Gasteiger partial charge in [-0.3, -0.25) is 4.79 Å². The van der Waals surface area contributed by atoms with Crippen molar-refractivity contribution in [2.45, 2.75) is 27.2 Å². The fraction of sp³-hybridized carbons (Fsp3) is 0.529. The minimum Gasteiger partial charge on any atom is -0.483 e. The first-order chi connectivity index (χ1) is 11.0. The van der Waals surface area contributed by atoms with Crippen LogP contribution in [-0.4, -0.2) is 38.3 Å². The third kappa shape index (κ3) is 8.09.